The van der Waals surface area contributed by atoms with Crippen LogP contribution in [0.5, 0.6) is 11.5 Å². The number of likely N-dealkylation sites (tertiary alicyclic amines) is 1. The highest BCUT2D eigenvalue weighted by atomic mass is 16.7. The van der Waals surface area contributed by atoms with Crippen molar-refractivity contribution in [3.05, 3.63) is 95.6 Å². The van der Waals surface area contributed by atoms with Gasteiger partial charge < -0.3 is 23.8 Å². The molecule has 0 aromatic heterocycles. The molecule has 3 aromatic rings. The number of carbonyl (C=O) groups excluding carboxylic acids is 2. The van der Waals surface area contributed by atoms with E-state index in [1.165, 1.54) is 5.01 Å². The first-order valence-corrected chi connectivity index (χ1v) is 13.2. The quantitative estimate of drug-likeness (QED) is 0.414. The average molecular weight is 532 g/mol. The maximum absolute atomic E-state index is 13.2. The molecule has 9 heteroatoms. The Hall–Kier alpha value is -4.24. The Morgan fingerprint density at radius 3 is 2.31 bits per heavy atom. The molecule has 1 saturated heterocycles. The monoisotopic (exact) mass is 531 g/mol. The molecule has 0 spiro atoms. The number of carbonyl (C=O) groups is 2. The van der Waals surface area contributed by atoms with Gasteiger partial charge in [-0.3, -0.25) is 0 Å². The minimum atomic E-state index is -0.701. The highest BCUT2D eigenvalue weighted by molar-refractivity contribution is 5.74. The van der Waals surface area contributed by atoms with Crippen molar-refractivity contribution in [1.82, 2.24) is 15.3 Å². The first-order chi connectivity index (χ1) is 19.1. The van der Waals surface area contributed by atoms with Crippen molar-refractivity contribution in [1.29, 1.82) is 0 Å². The van der Waals surface area contributed by atoms with E-state index in [2.05, 4.69) is 10.3 Å². The highest BCUT2D eigenvalue weighted by Gasteiger charge is 2.31. The normalized spacial score (nSPS) is 16.4. The van der Waals surface area contributed by atoms with Gasteiger partial charge in [0.05, 0.1) is 6.04 Å². The number of hydrogen-bond acceptors (Lipinski definition) is 7. The van der Waals surface area contributed by atoms with Gasteiger partial charge in [-0.1, -0.05) is 66.7 Å². The number of ether oxygens (including phenoxy) is 4. The molecule has 0 aliphatic carbocycles. The summed E-state index contributed by atoms with van der Waals surface area (Å²) in [6, 6.07) is 24.6. The van der Waals surface area contributed by atoms with E-state index in [0.29, 0.717) is 6.54 Å². The molecular weight excluding hydrogens is 498 g/mol. The molecule has 9 nitrogen and oxygen atoms in total. The molecular formula is C30H33N3O6. The van der Waals surface area contributed by atoms with Crippen LogP contribution in [0.3, 0.4) is 0 Å². The lowest BCUT2D eigenvalue weighted by Gasteiger charge is -2.38. The minimum absolute atomic E-state index is 0.103. The maximum Gasteiger partial charge on any atom is 0.429 e. The number of amides is 2. The van der Waals surface area contributed by atoms with E-state index in [9.17, 15) is 9.59 Å². The summed E-state index contributed by atoms with van der Waals surface area (Å²) < 4.78 is 21.9. The third-order valence-electron chi connectivity index (χ3n) is 6.83. The van der Waals surface area contributed by atoms with Crippen LogP contribution in [0.15, 0.2) is 78.9 Å². The van der Waals surface area contributed by atoms with Gasteiger partial charge in [0.15, 0.2) is 11.5 Å². The second kappa shape index (κ2) is 13.0. The van der Waals surface area contributed by atoms with Crippen molar-refractivity contribution >= 4 is 12.2 Å². The fourth-order valence-corrected chi connectivity index (χ4v) is 4.76. The summed E-state index contributed by atoms with van der Waals surface area (Å²) in [5, 5.41) is 1.29. The zero-order valence-corrected chi connectivity index (χ0v) is 21.8. The summed E-state index contributed by atoms with van der Waals surface area (Å²) in [6.07, 6.45) is 1.13. The van der Waals surface area contributed by atoms with Crippen LogP contribution in [0.4, 0.5) is 9.59 Å². The lowest BCUT2D eigenvalue weighted by Crippen LogP contribution is -2.57. The van der Waals surface area contributed by atoms with Gasteiger partial charge in [0.1, 0.15) is 13.2 Å². The van der Waals surface area contributed by atoms with Crippen LogP contribution in [0, 0.1) is 0 Å². The lowest BCUT2D eigenvalue weighted by atomic mass is 10.0. The van der Waals surface area contributed by atoms with Crippen molar-refractivity contribution in [2.24, 2.45) is 0 Å². The predicted octanol–water partition coefficient (Wildman–Crippen LogP) is 4.90. The SMILES string of the molecule is O=C(NN(C(=O)OCc1ccccc1)C1CCCN(CCc2ccc3c(c2)OCO3)C1)OCc1ccccc1. The standard InChI is InChI=1S/C30H33N3O6/c34-29(36-20-24-8-3-1-4-9-24)31-33(30(35)37-21-25-10-5-2-6-11-25)26-12-7-16-32(19-26)17-15-23-13-14-27-28(18-23)39-22-38-27/h1-6,8-11,13-14,18,26H,7,12,15-17,19-22H2,(H,31,34). The number of nitrogens with one attached hydrogen (secondary N) is 1. The van der Waals surface area contributed by atoms with Gasteiger partial charge in [0.25, 0.3) is 0 Å². The molecule has 1 unspecified atom stereocenters. The molecule has 2 heterocycles. The molecule has 5 rings (SSSR count). The molecule has 0 bridgehead atoms. The number of rotatable bonds is 8. The van der Waals surface area contributed by atoms with Crippen molar-refractivity contribution in [2.75, 3.05) is 26.4 Å². The first-order valence-electron chi connectivity index (χ1n) is 13.2. The summed E-state index contributed by atoms with van der Waals surface area (Å²) >= 11 is 0. The maximum atomic E-state index is 13.2. The predicted molar refractivity (Wildman–Crippen MR) is 144 cm³/mol. The second-order valence-electron chi connectivity index (χ2n) is 9.62. The third-order valence-corrected chi connectivity index (χ3v) is 6.83. The van der Waals surface area contributed by atoms with Crippen molar-refractivity contribution < 1.29 is 28.5 Å². The largest absolute Gasteiger partial charge is 0.454 e. The van der Waals surface area contributed by atoms with Crippen molar-refractivity contribution in [3.8, 4) is 11.5 Å². The molecule has 1 atom stereocenters. The molecule has 0 saturated carbocycles. The van der Waals surface area contributed by atoms with Gasteiger partial charge in [0, 0.05) is 13.1 Å². The fourth-order valence-electron chi connectivity index (χ4n) is 4.76. The smallest absolute Gasteiger partial charge is 0.429 e. The minimum Gasteiger partial charge on any atom is -0.454 e. The number of nitrogens with zero attached hydrogens (tertiary/aromatic N) is 2. The van der Waals surface area contributed by atoms with Crippen LogP contribution in [0.2, 0.25) is 0 Å². The summed E-state index contributed by atoms with van der Waals surface area (Å²) in [4.78, 5) is 28.2. The van der Waals surface area contributed by atoms with Crippen LogP contribution >= 0.6 is 0 Å². The fraction of sp³-hybridized carbons (Fsp3) is 0.333. The Morgan fingerprint density at radius 1 is 0.872 bits per heavy atom. The van der Waals surface area contributed by atoms with E-state index in [1.807, 2.05) is 78.9 Å². The van der Waals surface area contributed by atoms with E-state index in [0.717, 1.165) is 60.5 Å². The summed E-state index contributed by atoms with van der Waals surface area (Å²) in [5.74, 6) is 1.54. The zero-order valence-electron chi connectivity index (χ0n) is 21.8. The molecule has 204 valence electrons. The Balaban J connectivity index is 1.20. The van der Waals surface area contributed by atoms with E-state index in [-0.39, 0.29) is 26.0 Å². The summed E-state index contributed by atoms with van der Waals surface area (Å²) in [6.45, 7) is 2.78. The Morgan fingerprint density at radius 2 is 1.56 bits per heavy atom. The van der Waals surface area contributed by atoms with Gasteiger partial charge in [-0.15, -0.1) is 0 Å². The number of hydrogen-bond donors (Lipinski definition) is 1. The van der Waals surface area contributed by atoms with E-state index >= 15 is 0 Å². The van der Waals surface area contributed by atoms with Gasteiger partial charge in [0.2, 0.25) is 6.79 Å². The molecule has 2 amide bonds. The van der Waals surface area contributed by atoms with Gasteiger partial charge in [-0.25, -0.2) is 20.0 Å². The van der Waals surface area contributed by atoms with Gasteiger partial charge in [-0.05, 0) is 54.6 Å². The Labute approximate surface area is 228 Å². The van der Waals surface area contributed by atoms with Crippen LogP contribution in [-0.4, -0.2) is 54.6 Å². The number of piperidine rings is 1. The lowest BCUT2D eigenvalue weighted by molar-refractivity contribution is 0.0258. The molecule has 2 aliphatic rings. The van der Waals surface area contributed by atoms with Crippen LogP contribution in [-0.2, 0) is 29.1 Å². The van der Waals surface area contributed by atoms with Gasteiger partial charge in [-0.2, -0.15) is 0 Å². The molecule has 3 aromatic carbocycles. The van der Waals surface area contributed by atoms with E-state index in [4.69, 9.17) is 18.9 Å². The average Bonchev–Trinajstić information content (AvgIpc) is 3.46. The number of benzene rings is 3. The molecule has 39 heavy (non-hydrogen) atoms. The topological polar surface area (TPSA) is 89.6 Å². The number of hydrazine groups is 1. The molecule has 1 N–H and O–H groups in total. The Kier molecular flexibility index (Phi) is 8.80. The van der Waals surface area contributed by atoms with Gasteiger partial charge >= 0.3 is 12.2 Å². The van der Waals surface area contributed by atoms with Crippen LogP contribution in [0.25, 0.3) is 0 Å². The summed E-state index contributed by atoms with van der Waals surface area (Å²) in [5.41, 5.74) is 5.54. The zero-order chi connectivity index (χ0) is 26.9. The Bertz CT molecular complexity index is 1240. The van der Waals surface area contributed by atoms with E-state index in [1.54, 1.807) is 0 Å². The highest BCUT2D eigenvalue weighted by Crippen LogP contribution is 2.32. The second-order valence-corrected chi connectivity index (χ2v) is 9.62. The van der Waals surface area contributed by atoms with Crippen molar-refractivity contribution in [3.63, 3.8) is 0 Å². The third kappa shape index (κ3) is 7.42. The molecule has 0 radical (unpaired) electrons. The first kappa shape index (κ1) is 26.4. The number of fused-ring (bicyclic) bond motifs is 1. The molecule has 1 fully saturated rings. The van der Waals surface area contributed by atoms with Crippen LogP contribution in [0.1, 0.15) is 29.5 Å². The van der Waals surface area contributed by atoms with E-state index < -0.39 is 12.2 Å². The summed E-state index contributed by atoms with van der Waals surface area (Å²) in [7, 11) is 0. The van der Waals surface area contributed by atoms with Crippen molar-refractivity contribution in [2.45, 2.75) is 38.5 Å². The molecule has 2 aliphatic heterocycles. The van der Waals surface area contributed by atoms with Crippen LogP contribution < -0.4 is 14.9 Å².